The van der Waals surface area contributed by atoms with E-state index in [1.165, 1.54) is 0 Å². The van der Waals surface area contributed by atoms with Crippen molar-refractivity contribution < 1.29 is 0 Å². The minimum absolute atomic E-state index is 0.0845. The van der Waals surface area contributed by atoms with Crippen LogP contribution in [0.2, 0.25) is 10.6 Å². The van der Waals surface area contributed by atoms with Gasteiger partial charge in [-0.25, -0.2) is 0 Å². The van der Waals surface area contributed by atoms with Crippen LogP contribution in [0.15, 0.2) is 18.5 Å². The van der Waals surface area contributed by atoms with Crippen LogP contribution in [0.4, 0.5) is 0 Å². The molecule has 4 nitrogen and oxygen atoms in total. The summed E-state index contributed by atoms with van der Waals surface area (Å²) in [6.07, 6.45) is 3.38. The van der Waals surface area contributed by atoms with E-state index in [-0.39, 0.29) is 10.6 Å². The molecule has 0 aliphatic heterocycles. The van der Waals surface area contributed by atoms with Crippen LogP contribution in [0.1, 0.15) is 5.56 Å². The standard InChI is InChI=1S/C9H6Cl2N4/c1-5-4-12-3-2-6(5)7-13-8(10)15-9(11)14-7/h2-4H,1H3. The second-order valence-electron chi connectivity index (χ2n) is 2.89. The molecular formula is C9H6Cl2N4. The fraction of sp³-hybridized carbons (Fsp3) is 0.111. The third kappa shape index (κ3) is 2.22. The first-order chi connectivity index (χ1) is 7.16. The Balaban J connectivity index is 2.59. The highest BCUT2D eigenvalue weighted by atomic mass is 35.5. The van der Waals surface area contributed by atoms with E-state index < -0.39 is 0 Å². The number of aryl methyl sites for hydroxylation is 1. The van der Waals surface area contributed by atoms with Crippen molar-refractivity contribution in [1.82, 2.24) is 19.9 Å². The van der Waals surface area contributed by atoms with Gasteiger partial charge in [-0.3, -0.25) is 4.98 Å². The van der Waals surface area contributed by atoms with E-state index in [2.05, 4.69) is 19.9 Å². The summed E-state index contributed by atoms with van der Waals surface area (Å²) in [4.78, 5) is 15.7. The summed E-state index contributed by atoms with van der Waals surface area (Å²) < 4.78 is 0. The molecule has 0 radical (unpaired) electrons. The summed E-state index contributed by atoms with van der Waals surface area (Å²) in [5.41, 5.74) is 1.80. The minimum Gasteiger partial charge on any atom is -0.264 e. The maximum Gasteiger partial charge on any atom is 0.227 e. The number of hydrogen-bond acceptors (Lipinski definition) is 4. The Hall–Kier alpha value is -1.26. The number of aromatic nitrogens is 4. The Morgan fingerprint density at radius 1 is 1.07 bits per heavy atom. The van der Waals surface area contributed by atoms with Crippen molar-refractivity contribution in [3.8, 4) is 11.4 Å². The van der Waals surface area contributed by atoms with Gasteiger partial charge in [0.1, 0.15) is 0 Å². The van der Waals surface area contributed by atoms with E-state index in [0.717, 1.165) is 11.1 Å². The number of hydrogen-bond donors (Lipinski definition) is 0. The number of halogens is 2. The molecule has 0 amide bonds. The number of nitrogens with zero attached hydrogens (tertiary/aromatic N) is 4. The molecule has 0 bridgehead atoms. The lowest BCUT2D eigenvalue weighted by molar-refractivity contribution is 1.05. The van der Waals surface area contributed by atoms with Gasteiger partial charge in [0.25, 0.3) is 0 Å². The van der Waals surface area contributed by atoms with Gasteiger partial charge >= 0.3 is 0 Å². The largest absolute Gasteiger partial charge is 0.264 e. The average Bonchev–Trinajstić information content (AvgIpc) is 2.16. The maximum atomic E-state index is 5.69. The molecule has 0 spiro atoms. The van der Waals surface area contributed by atoms with Crippen molar-refractivity contribution in [2.75, 3.05) is 0 Å². The molecule has 0 aromatic carbocycles. The third-order valence-corrected chi connectivity index (χ3v) is 2.18. The highest BCUT2D eigenvalue weighted by Crippen LogP contribution is 2.20. The molecule has 76 valence electrons. The number of rotatable bonds is 1. The van der Waals surface area contributed by atoms with E-state index >= 15 is 0 Å². The monoisotopic (exact) mass is 240 g/mol. The molecule has 0 aliphatic rings. The highest BCUT2D eigenvalue weighted by molar-refractivity contribution is 6.31. The van der Waals surface area contributed by atoms with Crippen LogP contribution < -0.4 is 0 Å². The normalized spacial score (nSPS) is 10.3. The molecular weight excluding hydrogens is 235 g/mol. The van der Waals surface area contributed by atoms with Crippen LogP contribution in [-0.2, 0) is 0 Å². The Bertz CT molecular complexity index is 481. The second kappa shape index (κ2) is 4.08. The minimum atomic E-state index is 0.0845. The SMILES string of the molecule is Cc1cnccc1-c1nc(Cl)nc(Cl)n1. The molecule has 0 N–H and O–H groups in total. The van der Waals surface area contributed by atoms with Crippen LogP contribution in [0.5, 0.6) is 0 Å². The van der Waals surface area contributed by atoms with Gasteiger partial charge in [-0.1, -0.05) is 0 Å². The molecule has 0 aliphatic carbocycles. The predicted molar refractivity (Wildman–Crippen MR) is 57.8 cm³/mol. The lowest BCUT2D eigenvalue weighted by atomic mass is 10.1. The molecule has 0 fully saturated rings. The zero-order chi connectivity index (χ0) is 10.8. The van der Waals surface area contributed by atoms with Crippen LogP contribution in [0.3, 0.4) is 0 Å². The van der Waals surface area contributed by atoms with Gasteiger partial charge in [0.05, 0.1) is 0 Å². The van der Waals surface area contributed by atoms with Crippen molar-refractivity contribution >= 4 is 23.2 Å². The number of pyridine rings is 1. The van der Waals surface area contributed by atoms with E-state index in [4.69, 9.17) is 23.2 Å². The molecule has 0 saturated carbocycles. The van der Waals surface area contributed by atoms with Gasteiger partial charge in [-0.2, -0.15) is 15.0 Å². The molecule has 0 atom stereocenters. The summed E-state index contributed by atoms with van der Waals surface area (Å²) in [6.45, 7) is 1.91. The lowest BCUT2D eigenvalue weighted by Gasteiger charge is -2.03. The fourth-order valence-corrected chi connectivity index (χ4v) is 1.53. The van der Waals surface area contributed by atoms with Gasteiger partial charge in [0, 0.05) is 18.0 Å². The van der Waals surface area contributed by atoms with Crippen molar-refractivity contribution in [3.63, 3.8) is 0 Å². The quantitative estimate of drug-likeness (QED) is 0.769. The van der Waals surface area contributed by atoms with Gasteiger partial charge in [0.15, 0.2) is 5.82 Å². The Morgan fingerprint density at radius 2 is 1.73 bits per heavy atom. The van der Waals surface area contributed by atoms with Crippen LogP contribution >= 0.6 is 23.2 Å². The molecule has 2 aromatic rings. The summed E-state index contributed by atoms with van der Waals surface area (Å²) in [5.74, 6) is 0.458. The van der Waals surface area contributed by atoms with E-state index in [1.54, 1.807) is 18.5 Å². The summed E-state index contributed by atoms with van der Waals surface area (Å²) >= 11 is 11.4. The molecule has 0 saturated heterocycles. The molecule has 0 unspecified atom stereocenters. The zero-order valence-corrected chi connectivity index (χ0v) is 9.29. The van der Waals surface area contributed by atoms with E-state index in [9.17, 15) is 0 Å². The molecule has 2 rings (SSSR count). The molecule has 15 heavy (non-hydrogen) atoms. The van der Waals surface area contributed by atoms with E-state index in [0.29, 0.717) is 5.82 Å². The first-order valence-corrected chi connectivity index (χ1v) is 4.90. The Labute approximate surface area is 96.3 Å². The first-order valence-electron chi connectivity index (χ1n) is 4.15. The summed E-state index contributed by atoms with van der Waals surface area (Å²) in [5, 5.41) is 0.169. The van der Waals surface area contributed by atoms with Crippen LogP contribution in [-0.4, -0.2) is 19.9 Å². The van der Waals surface area contributed by atoms with Gasteiger partial charge < -0.3 is 0 Å². The predicted octanol–water partition coefficient (Wildman–Crippen LogP) is 2.55. The van der Waals surface area contributed by atoms with Gasteiger partial charge in [-0.05, 0) is 41.8 Å². The molecule has 6 heteroatoms. The summed E-state index contributed by atoms with van der Waals surface area (Å²) in [6, 6.07) is 1.80. The highest BCUT2D eigenvalue weighted by Gasteiger charge is 2.07. The van der Waals surface area contributed by atoms with E-state index in [1.807, 2.05) is 6.92 Å². The van der Waals surface area contributed by atoms with Crippen molar-refractivity contribution in [3.05, 3.63) is 34.6 Å². The topological polar surface area (TPSA) is 51.6 Å². The third-order valence-electron chi connectivity index (χ3n) is 1.84. The van der Waals surface area contributed by atoms with Gasteiger partial charge in [0.2, 0.25) is 10.6 Å². The van der Waals surface area contributed by atoms with Crippen molar-refractivity contribution in [2.45, 2.75) is 6.92 Å². The van der Waals surface area contributed by atoms with Crippen molar-refractivity contribution in [1.29, 1.82) is 0 Å². The first kappa shape index (κ1) is 10.3. The smallest absolute Gasteiger partial charge is 0.227 e. The zero-order valence-electron chi connectivity index (χ0n) is 7.78. The summed E-state index contributed by atoms with van der Waals surface area (Å²) in [7, 11) is 0. The van der Waals surface area contributed by atoms with Crippen LogP contribution in [0, 0.1) is 6.92 Å². The Kier molecular flexibility index (Phi) is 2.79. The average molecular weight is 241 g/mol. The lowest BCUT2D eigenvalue weighted by Crippen LogP contribution is -1.95. The van der Waals surface area contributed by atoms with Crippen LogP contribution in [0.25, 0.3) is 11.4 Å². The maximum absolute atomic E-state index is 5.69. The van der Waals surface area contributed by atoms with Crippen molar-refractivity contribution in [2.24, 2.45) is 0 Å². The van der Waals surface area contributed by atoms with Gasteiger partial charge in [-0.15, -0.1) is 0 Å². The second-order valence-corrected chi connectivity index (χ2v) is 3.56. The Morgan fingerprint density at radius 3 is 2.33 bits per heavy atom. The molecule has 2 aromatic heterocycles. The molecule has 2 heterocycles. The fourth-order valence-electron chi connectivity index (χ4n) is 1.17.